The van der Waals surface area contributed by atoms with Crippen LogP contribution in [0.4, 0.5) is 5.69 Å². The number of rotatable bonds is 6. The van der Waals surface area contributed by atoms with Crippen LogP contribution in [0.3, 0.4) is 0 Å². The number of fused-ring (bicyclic) bond motifs is 7. The lowest BCUT2D eigenvalue weighted by Gasteiger charge is -2.33. The molecule has 2 nitrogen and oxygen atoms in total. The van der Waals surface area contributed by atoms with E-state index in [-0.39, 0.29) is 11.3 Å². The van der Waals surface area contributed by atoms with E-state index in [1.807, 2.05) is 0 Å². The molecule has 3 aliphatic rings. The van der Waals surface area contributed by atoms with Crippen molar-refractivity contribution in [3.05, 3.63) is 215 Å². The van der Waals surface area contributed by atoms with Crippen molar-refractivity contribution in [1.29, 1.82) is 0 Å². The van der Waals surface area contributed by atoms with Crippen molar-refractivity contribution in [3.63, 3.8) is 0 Å². The van der Waals surface area contributed by atoms with Crippen molar-refractivity contribution in [2.75, 3.05) is 4.90 Å². The summed E-state index contributed by atoms with van der Waals surface area (Å²) in [5.41, 5.74) is 15.6. The first kappa shape index (κ1) is 33.7. The van der Waals surface area contributed by atoms with E-state index >= 15 is 0 Å². The Hall–Kier alpha value is -6.64. The topological polar surface area (TPSA) is 8.17 Å². The van der Waals surface area contributed by atoms with Crippen LogP contribution in [0.5, 0.6) is 0 Å². The van der Waals surface area contributed by atoms with Crippen LogP contribution < -0.4 is 15.5 Å². The molecular weight excluding hydrogens is 689 g/mol. The van der Waals surface area contributed by atoms with Crippen LogP contribution in [-0.2, 0) is 5.41 Å². The molecule has 0 N–H and O–H groups in total. The minimum atomic E-state index is -0.0983. The molecule has 0 amide bonds. The predicted octanol–water partition coefficient (Wildman–Crippen LogP) is 12.6. The highest BCUT2D eigenvalue weighted by molar-refractivity contribution is 5.99. The summed E-state index contributed by atoms with van der Waals surface area (Å²) >= 11 is 0. The lowest BCUT2D eigenvalue weighted by Crippen LogP contribution is -2.38. The predicted molar refractivity (Wildman–Crippen MR) is 240 cm³/mol. The van der Waals surface area contributed by atoms with Crippen LogP contribution in [0.2, 0.25) is 0 Å². The second-order valence-electron chi connectivity index (χ2n) is 16.3. The molecule has 0 bridgehead atoms. The van der Waals surface area contributed by atoms with Gasteiger partial charge in [-0.15, -0.1) is 0 Å². The van der Waals surface area contributed by atoms with Crippen LogP contribution in [-0.4, -0.2) is 4.57 Å². The van der Waals surface area contributed by atoms with Crippen molar-refractivity contribution < 1.29 is 0 Å². The molecule has 0 saturated heterocycles. The van der Waals surface area contributed by atoms with Gasteiger partial charge in [-0.25, -0.2) is 0 Å². The Labute approximate surface area is 334 Å². The fourth-order valence-electron chi connectivity index (χ4n) is 10.1. The van der Waals surface area contributed by atoms with Crippen LogP contribution in [0.15, 0.2) is 188 Å². The number of anilines is 1. The highest BCUT2D eigenvalue weighted by Crippen LogP contribution is 2.50. The Balaban J connectivity index is 1.11. The van der Waals surface area contributed by atoms with Crippen LogP contribution in [0.1, 0.15) is 55.7 Å². The van der Waals surface area contributed by atoms with E-state index in [0.29, 0.717) is 0 Å². The van der Waals surface area contributed by atoms with Gasteiger partial charge in [0.25, 0.3) is 0 Å². The molecule has 274 valence electrons. The van der Waals surface area contributed by atoms with Gasteiger partial charge >= 0.3 is 0 Å². The fraction of sp³-hybridized carbons (Fsp3) is 0.127. The second kappa shape index (κ2) is 13.2. The minimum Gasteiger partial charge on any atom is -0.314 e. The van der Waals surface area contributed by atoms with Crippen LogP contribution in [0.25, 0.3) is 61.4 Å². The van der Waals surface area contributed by atoms with Crippen molar-refractivity contribution in [3.8, 4) is 27.9 Å². The normalized spacial score (nSPS) is 16.5. The molecular formula is C55H44N2. The summed E-state index contributed by atoms with van der Waals surface area (Å²) in [4.78, 5) is 2.61. The third kappa shape index (κ3) is 5.31. The Morgan fingerprint density at radius 2 is 1.35 bits per heavy atom. The molecule has 3 aliphatic carbocycles. The van der Waals surface area contributed by atoms with Gasteiger partial charge in [-0.05, 0) is 105 Å². The van der Waals surface area contributed by atoms with Crippen molar-refractivity contribution in [1.82, 2.24) is 4.57 Å². The summed E-state index contributed by atoms with van der Waals surface area (Å²) in [7, 11) is 0. The third-order valence-corrected chi connectivity index (χ3v) is 12.8. The van der Waals surface area contributed by atoms with Gasteiger partial charge in [0.1, 0.15) is 0 Å². The number of allylic oxidation sites excluding steroid dienone is 3. The first-order chi connectivity index (χ1) is 28.1. The number of hydrogen-bond donors (Lipinski definition) is 0. The summed E-state index contributed by atoms with van der Waals surface area (Å²) in [5.74, 6) is 0.254. The van der Waals surface area contributed by atoms with E-state index in [2.05, 4.69) is 211 Å². The van der Waals surface area contributed by atoms with Crippen LogP contribution in [0, 0.1) is 0 Å². The number of aromatic nitrogens is 1. The largest absolute Gasteiger partial charge is 0.314 e. The number of nitrogens with zero attached hydrogens (tertiary/aromatic N) is 2. The number of hydrogen-bond acceptors (Lipinski definition) is 1. The van der Waals surface area contributed by atoms with E-state index < -0.39 is 0 Å². The van der Waals surface area contributed by atoms with Crippen molar-refractivity contribution in [2.45, 2.75) is 44.4 Å². The average Bonchev–Trinajstić information content (AvgIpc) is 3.73. The lowest BCUT2D eigenvalue weighted by molar-refractivity contribution is 0.660. The molecule has 2 heteroatoms. The molecule has 0 spiro atoms. The number of benzene rings is 7. The summed E-state index contributed by atoms with van der Waals surface area (Å²) < 4.78 is 2.47. The summed E-state index contributed by atoms with van der Waals surface area (Å²) in [6, 6.07) is 60.5. The average molecular weight is 733 g/mol. The molecule has 1 aromatic heterocycles. The SMILES string of the molecule is CC1(C)c2ccccc2-c2ccc(N(C3=CCC(c4ccc5ccccc5c4-c4ccccc4)C=C3)C3=c4c(n(-c5ccccc5)c5ccccc45)=CCC3)cc21. The lowest BCUT2D eigenvalue weighted by atomic mass is 9.82. The highest BCUT2D eigenvalue weighted by Gasteiger charge is 2.36. The monoisotopic (exact) mass is 732 g/mol. The standard InChI is InChI=1S/C55H44N2/c1-55(2)48-24-13-11-22-45(48)46-35-33-42(36-49(46)55)56(51-26-15-27-52-54(51)47-23-12-14-25-50(47)57(52)40-19-7-4-8-20-40)41-31-28-38(29-32-41)44-34-30-37-16-9-10-21-43(37)53(44)39-17-5-3-6-18-39/h3-14,16-25,27-28,30-36,38H,15,26,29H2,1-2H3. The summed E-state index contributed by atoms with van der Waals surface area (Å²) in [5, 5.41) is 6.50. The third-order valence-electron chi connectivity index (χ3n) is 12.8. The van der Waals surface area contributed by atoms with Gasteiger partial charge in [0.15, 0.2) is 0 Å². The maximum atomic E-state index is 2.61. The van der Waals surface area contributed by atoms with E-state index in [0.717, 1.165) is 19.3 Å². The molecule has 0 aliphatic heterocycles. The number of para-hydroxylation sites is 2. The zero-order valence-electron chi connectivity index (χ0n) is 32.5. The molecule has 1 unspecified atom stereocenters. The van der Waals surface area contributed by atoms with Gasteiger partial charge in [-0.1, -0.05) is 166 Å². The van der Waals surface area contributed by atoms with Gasteiger partial charge in [-0.2, -0.15) is 0 Å². The van der Waals surface area contributed by atoms with E-state index in [1.54, 1.807) is 0 Å². The minimum absolute atomic E-state index is 0.0983. The Kier molecular flexibility index (Phi) is 7.83. The summed E-state index contributed by atoms with van der Waals surface area (Å²) in [6.45, 7) is 4.77. The maximum absolute atomic E-state index is 2.61. The van der Waals surface area contributed by atoms with Gasteiger partial charge in [0, 0.05) is 44.7 Å². The van der Waals surface area contributed by atoms with Crippen LogP contribution >= 0.6 is 0 Å². The first-order valence-electron chi connectivity index (χ1n) is 20.4. The summed E-state index contributed by atoms with van der Waals surface area (Å²) in [6.07, 6.45) is 12.7. The first-order valence-corrected chi connectivity index (χ1v) is 20.4. The van der Waals surface area contributed by atoms with Gasteiger partial charge in [0.05, 0.1) is 10.9 Å². The highest BCUT2D eigenvalue weighted by atomic mass is 15.2. The zero-order chi connectivity index (χ0) is 38.1. The smallest absolute Gasteiger partial charge is 0.0541 e. The molecule has 0 fully saturated rings. The van der Waals surface area contributed by atoms with Gasteiger partial charge < -0.3 is 9.47 Å². The van der Waals surface area contributed by atoms with E-state index in [1.165, 1.54) is 94.0 Å². The molecule has 0 radical (unpaired) electrons. The quantitative estimate of drug-likeness (QED) is 0.165. The molecule has 0 saturated carbocycles. The molecule has 57 heavy (non-hydrogen) atoms. The van der Waals surface area contributed by atoms with E-state index in [4.69, 9.17) is 0 Å². The molecule has 1 atom stereocenters. The fourth-order valence-corrected chi connectivity index (χ4v) is 10.1. The van der Waals surface area contributed by atoms with Crippen molar-refractivity contribution >= 4 is 39.1 Å². The Morgan fingerprint density at radius 3 is 2.18 bits per heavy atom. The molecule has 1 heterocycles. The Bertz CT molecular complexity index is 3070. The molecule has 11 rings (SSSR count). The van der Waals surface area contributed by atoms with Crippen molar-refractivity contribution in [2.24, 2.45) is 0 Å². The zero-order valence-corrected chi connectivity index (χ0v) is 32.5. The second-order valence-corrected chi connectivity index (χ2v) is 16.3. The van der Waals surface area contributed by atoms with Gasteiger partial charge in [-0.3, -0.25) is 0 Å². The Morgan fingerprint density at radius 1 is 0.632 bits per heavy atom. The van der Waals surface area contributed by atoms with E-state index in [9.17, 15) is 0 Å². The van der Waals surface area contributed by atoms with Gasteiger partial charge in [0.2, 0.25) is 0 Å². The maximum Gasteiger partial charge on any atom is 0.0541 e. The molecule has 7 aromatic carbocycles. The molecule has 8 aromatic rings.